The number of rotatable bonds is 5. The van der Waals surface area contributed by atoms with Crippen LogP contribution in [0.3, 0.4) is 0 Å². The first kappa shape index (κ1) is 16.7. The van der Waals surface area contributed by atoms with Gasteiger partial charge in [-0.3, -0.25) is 9.59 Å². The summed E-state index contributed by atoms with van der Waals surface area (Å²) >= 11 is 4.01. The summed E-state index contributed by atoms with van der Waals surface area (Å²) < 4.78 is 9.55. The number of carbonyl (C=O) groups excluding carboxylic acids is 2. The predicted molar refractivity (Wildman–Crippen MR) is 89.0 cm³/mol. The van der Waals surface area contributed by atoms with Gasteiger partial charge in [0.1, 0.15) is 13.6 Å². The topological polar surface area (TPSA) is 52.6 Å². The van der Waals surface area contributed by atoms with Crippen molar-refractivity contribution >= 4 is 57.1 Å². The third-order valence-electron chi connectivity index (χ3n) is 2.21. The highest BCUT2D eigenvalue weighted by Gasteiger charge is 2.18. The molecule has 4 nitrogen and oxygen atoms in total. The molecule has 0 aromatic heterocycles. The second kappa shape index (κ2) is 8.03. The summed E-state index contributed by atoms with van der Waals surface area (Å²) in [7, 11) is 0. The van der Waals surface area contributed by atoms with Gasteiger partial charge in [0.2, 0.25) is 0 Å². The number of esters is 2. The molecule has 0 spiro atoms. The maximum absolute atomic E-state index is 11.6. The van der Waals surface area contributed by atoms with Crippen molar-refractivity contribution in [3.05, 3.63) is 29.8 Å². The smallest absolute Gasteiger partial charge is 0.323 e. The van der Waals surface area contributed by atoms with Gasteiger partial charge in [0, 0.05) is 0 Å². The first-order valence-corrected chi connectivity index (χ1v) is 8.21. The van der Waals surface area contributed by atoms with Gasteiger partial charge >= 0.3 is 11.9 Å². The Labute approximate surface area is 139 Å². The number of benzene rings is 1. The fraction of sp³-hybridized carbons (Fsp3) is 0.385. The summed E-state index contributed by atoms with van der Waals surface area (Å²) in [4.78, 5) is 23.0. The normalized spacial score (nSPS) is 13.5. The van der Waals surface area contributed by atoms with Crippen LogP contribution >= 0.6 is 45.2 Å². The van der Waals surface area contributed by atoms with Gasteiger partial charge in [-0.1, -0.05) is 57.3 Å². The van der Waals surface area contributed by atoms with Crippen LogP contribution in [0.15, 0.2) is 24.3 Å². The number of ether oxygens (including phenoxy) is 2. The molecule has 0 aliphatic rings. The third kappa shape index (κ3) is 5.25. The van der Waals surface area contributed by atoms with Crippen molar-refractivity contribution in [1.82, 2.24) is 0 Å². The van der Waals surface area contributed by atoms with E-state index in [1.54, 1.807) is 38.1 Å². The van der Waals surface area contributed by atoms with Gasteiger partial charge in [-0.05, 0) is 31.5 Å². The van der Waals surface area contributed by atoms with Crippen molar-refractivity contribution in [2.75, 3.05) is 6.61 Å². The molecule has 0 aliphatic carbocycles. The fourth-order valence-electron chi connectivity index (χ4n) is 1.25. The summed E-state index contributed by atoms with van der Waals surface area (Å²) in [5, 5.41) is 0. The van der Waals surface area contributed by atoms with Gasteiger partial charge in [-0.25, -0.2) is 0 Å². The second-order valence-electron chi connectivity index (χ2n) is 3.72. The molecule has 2 unspecified atom stereocenters. The Morgan fingerprint density at radius 1 is 1.16 bits per heavy atom. The lowest BCUT2D eigenvalue weighted by Gasteiger charge is -2.10. The minimum atomic E-state index is -0.356. The van der Waals surface area contributed by atoms with Crippen LogP contribution < -0.4 is 4.74 Å². The lowest BCUT2D eigenvalue weighted by molar-refractivity contribution is -0.142. The average Bonchev–Trinajstić information content (AvgIpc) is 2.39. The van der Waals surface area contributed by atoms with E-state index in [1.807, 2.05) is 45.2 Å². The van der Waals surface area contributed by atoms with E-state index in [1.165, 1.54) is 0 Å². The maximum Gasteiger partial charge on any atom is 0.323 e. The van der Waals surface area contributed by atoms with E-state index in [-0.39, 0.29) is 19.8 Å². The Kier molecular flexibility index (Phi) is 7.05. The number of carbonyl (C=O) groups is 2. The van der Waals surface area contributed by atoms with Crippen molar-refractivity contribution in [1.29, 1.82) is 0 Å². The molecule has 1 aromatic rings. The van der Waals surface area contributed by atoms with Crippen molar-refractivity contribution in [2.45, 2.75) is 21.7 Å². The van der Waals surface area contributed by atoms with Crippen LogP contribution in [0, 0.1) is 0 Å². The molecule has 2 atom stereocenters. The van der Waals surface area contributed by atoms with E-state index in [0.717, 1.165) is 5.56 Å². The van der Waals surface area contributed by atoms with E-state index in [9.17, 15) is 9.59 Å². The lowest BCUT2D eigenvalue weighted by atomic mass is 10.1. The first-order valence-electron chi connectivity index (χ1n) is 5.72. The first-order chi connectivity index (χ1) is 8.95. The summed E-state index contributed by atoms with van der Waals surface area (Å²) in [6.07, 6.45) is 0. The molecular weight excluding hydrogens is 474 g/mol. The molecule has 1 aromatic carbocycles. The van der Waals surface area contributed by atoms with E-state index in [2.05, 4.69) is 0 Å². The van der Waals surface area contributed by atoms with Crippen molar-refractivity contribution in [3.63, 3.8) is 0 Å². The number of hydrogen-bond acceptors (Lipinski definition) is 4. The van der Waals surface area contributed by atoms with Crippen LogP contribution in [-0.2, 0) is 14.3 Å². The highest BCUT2D eigenvalue weighted by Crippen LogP contribution is 2.26. The van der Waals surface area contributed by atoms with E-state index < -0.39 is 0 Å². The molecule has 6 heteroatoms. The molecule has 0 saturated heterocycles. The maximum atomic E-state index is 11.6. The molecule has 0 radical (unpaired) electrons. The van der Waals surface area contributed by atoms with Crippen molar-refractivity contribution in [2.24, 2.45) is 0 Å². The van der Waals surface area contributed by atoms with Gasteiger partial charge in [0.05, 0.1) is 6.61 Å². The quantitative estimate of drug-likeness (QED) is 0.276. The van der Waals surface area contributed by atoms with Crippen LogP contribution in [-0.4, -0.2) is 22.5 Å². The third-order valence-corrected chi connectivity index (χ3v) is 3.95. The Bertz CT molecular complexity index is 442. The minimum Gasteiger partial charge on any atom is -0.465 e. The molecule has 0 fully saturated rings. The van der Waals surface area contributed by atoms with Crippen LogP contribution in [0.4, 0.5) is 0 Å². The molecule has 0 N–H and O–H groups in total. The molecule has 0 bridgehead atoms. The van der Waals surface area contributed by atoms with Gasteiger partial charge in [0.15, 0.2) is 0 Å². The highest BCUT2D eigenvalue weighted by molar-refractivity contribution is 14.1. The van der Waals surface area contributed by atoms with E-state index >= 15 is 0 Å². The highest BCUT2D eigenvalue weighted by atomic mass is 127. The van der Waals surface area contributed by atoms with Crippen LogP contribution in [0.1, 0.15) is 23.3 Å². The Morgan fingerprint density at radius 2 is 1.74 bits per heavy atom. The molecule has 0 heterocycles. The van der Waals surface area contributed by atoms with Gasteiger partial charge in [0.25, 0.3) is 0 Å². The van der Waals surface area contributed by atoms with Crippen molar-refractivity contribution in [3.8, 4) is 5.75 Å². The minimum absolute atomic E-state index is 0.200. The molecule has 104 valence electrons. The fourth-order valence-corrected chi connectivity index (χ4v) is 1.98. The Morgan fingerprint density at radius 3 is 2.21 bits per heavy atom. The molecular formula is C13H14I2O4. The molecule has 19 heavy (non-hydrogen) atoms. The van der Waals surface area contributed by atoms with Crippen LogP contribution in [0.2, 0.25) is 0 Å². The summed E-state index contributed by atoms with van der Waals surface area (Å²) in [6, 6.07) is 6.87. The summed E-state index contributed by atoms with van der Waals surface area (Å²) in [5.41, 5.74) is 0.821. The zero-order valence-corrected chi connectivity index (χ0v) is 14.9. The van der Waals surface area contributed by atoms with Gasteiger partial charge in [-0.15, -0.1) is 0 Å². The monoisotopic (exact) mass is 488 g/mol. The molecule has 0 aliphatic heterocycles. The zero-order valence-electron chi connectivity index (χ0n) is 10.6. The molecule has 0 saturated carbocycles. The standard InChI is InChI=1S/C13H14I2O4/c1-3-18-13(17)11(15)9-4-6-10(7-5-9)19-12(16)8(2)14/h4-8,11H,3H2,1-2H3. The molecule has 0 amide bonds. The lowest BCUT2D eigenvalue weighted by Crippen LogP contribution is -2.17. The average molecular weight is 488 g/mol. The van der Waals surface area contributed by atoms with Crippen molar-refractivity contribution < 1.29 is 19.1 Å². The SMILES string of the molecule is CCOC(=O)C(I)c1ccc(OC(=O)C(C)I)cc1. The van der Waals surface area contributed by atoms with Gasteiger partial charge in [-0.2, -0.15) is 0 Å². The van der Waals surface area contributed by atoms with Gasteiger partial charge < -0.3 is 9.47 Å². The number of hydrogen-bond donors (Lipinski definition) is 0. The Balaban J connectivity index is 2.71. The van der Waals surface area contributed by atoms with E-state index in [0.29, 0.717) is 12.4 Å². The van der Waals surface area contributed by atoms with E-state index in [4.69, 9.17) is 9.47 Å². The zero-order chi connectivity index (χ0) is 14.4. The summed E-state index contributed by atoms with van der Waals surface area (Å²) in [6.45, 7) is 3.90. The Hall–Kier alpha value is -0.380. The van der Waals surface area contributed by atoms with Crippen LogP contribution in [0.5, 0.6) is 5.75 Å². The number of halogens is 2. The van der Waals surface area contributed by atoms with Crippen LogP contribution in [0.25, 0.3) is 0 Å². The summed E-state index contributed by atoms with van der Waals surface area (Å²) in [5.74, 6) is -0.0804. The number of alkyl halides is 2. The second-order valence-corrected chi connectivity index (χ2v) is 6.83. The predicted octanol–water partition coefficient (Wildman–Crippen LogP) is 3.45. The molecule has 1 rings (SSSR count). The largest absolute Gasteiger partial charge is 0.465 e.